The molecule has 22 heteroatoms. The maximum Gasteiger partial charge on any atom is 0.200 e. The molecule has 0 bridgehead atoms. The van der Waals surface area contributed by atoms with Crippen molar-refractivity contribution in [3.63, 3.8) is 0 Å². The second kappa shape index (κ2) is 18.8. The summed E-state index contributed by atoms with van der Waals surface area (Å²) in [4.78, 5) is 0. The topological polar surface area (TPSA) is 16.6 Å². The largest absolute Gasteiger partial charge is 0.349 e. The molecule has 0 atom stereocenters. The van der Waals surface area contributed by atoms with Crippen LogP contribution >= 0.6 is 0 Å². The summed E-state index contributed by atoms with van der Waals surface area (Å²) < 4.78 is 294. The maximum absolute atomic E-state index is 15.4. The van der Waals surface area contributed by atoms with Crippen LogP contribution in [0.2, 0.25) is 0 Å². The van der Waals surface area contributed by atoms with Crippen molar-refractivity contribution in [2.24, 2.45) is 0 Å². The normalized spacial score (nSPS) is 11.7. The van der Waals surface area contributed by atoms with E-state index < -0.39 is 144 Å². The van der Waals surface area contributed by atoms with E-state index in [0.29, 0.717) is 0 Å². The van der Waals surface area contributed by atoms with Crippen LogP contribution in [0.5, 0.6) is 0 Å². The molecule has 0 amide bonds. The van der Waals surface area contributed by atoms with Crippen LogP contribution in [0.1, 0.15) is 58.3 Å². The summed E-state index contributed by atoms with van der Waals surface area (Å²) >= 11 is 0. The van der Waals surface area contributed by atoms with Gasteiger partial charge in [-0.3, -0.25) is 0 Å². The van der Waals surface area contributed by atoms with Gasteiger partial charge in [0.05, 0.1) is 13.6 Å². The summed E-state index contributed by atoms with van der Waals surface area (Å²) in [6.07, 6.45) is 4.26. The summed E-state index contributed by atoms with van der Waals surface area (Å²) in [6.45, 7) is 3.59. The first kappa shape index (κ1) is 46.9. The Hall–Kier alpha value is -4.50. The second-order valence-corrected chi connectivity index (χ2v) is 12.5. The van der Waals surface area contributed by atoms with Gasteiger partial charge in [-0.15, -0.1) is 21.9 Å². The van der Waals surface area contributed by atoms with Gasteiger partial charge in [-0.2, -0.15) is 0 Å². The monoisotopic (exact) mass is 851 g/mol. The summed E-state index contributed by atoms with van der Waals surface area (Å²) in [5.41, 5.74) is -14.3. The van der Waals surface area contributed by atoms with E-state index in [1.54, 1.807) is 0 Å². The molecule has 0 heterocycles. The second-order valence-electron chi connectivity index (χ2n) is 12.5. The fraction of sp³-hybridized carbons (Fsp3) is 0.314. The van der Waals surface area contributed by atoms with Crippen molar-refractivity contribution in [3.05, 3.63) is 116 Å². The number of unbranched alkanes of at least 4 members (excludes halogenated alkanes) is 7. The Kier molecular flexibility index (Phi) is 15.5. The number of hydrogen-bond donors (Lipinski definition) is 1. The Morgan fingerprint density at radius 3 is 0.649 bits per heavy atom. The van der Waals surface area contributed by atoms with Crippen LogP contribution in [0.25, 0.3) is 0 Å². The first-order valence-electron chi connectivity index (χ1n) is 16.6. The van der Waals surface area contributed by atoms with Crippen molar-refractivity contribution in [2.75, 3.05) is 13.6 Å². The van der Waals surface area contributed by atoms with Crippen LogP contribution in [-0.4, -0.2) is 19.7 Å². The smallest absolute Gasteiger partial charge is 0.200 e. The van der Waals surface area contributed by atoms with Crippen molar-refractivity contribution in [2.45, 2.75) is 58.3 Å². The minimum atomic E-state index is -7.22. The lowest BCUT2D eigenvalue weighted by molar-refractivity contribution is -0.627. The fourth-order valence-electron chi connectivity index (χ4n) is 6.36. The van der Waals surface area contributed by atoms with E-state index in [1.807, 2.05) is 0 Å². The molecular weight excluding hydrogens is 825 g/mol. The molecule has 1 nitrogen and oxygen atoms in total. The van der Waals surface area contributed by atoms with Crippen LogP contribution in [0.3, 0.4) is 0 Å². The van der Waals surface area contributed by atoms with E-state index in [9.17, 15) is 52.7 Å². The summed E-state index contributed by atoms with van der Waals surface area (Å²) in [7, 11) is 2.15. The van der Waals surface area contributed by atoms with Gasteiger partial charge in [-0.1, -0.05) is 45.4 Å². The van der Waals surface area contributed by atoms with Crippen LogP contribution in [0, 0.1) is 116 Å². The summed E-state index contributed by atoms with van der Waals surface area (Å²) in [5.74, 6) is -71.4. The van der Waals surface area contributed by atoms with Gasteiger partial charge in [0.25, 0.3) is 0 Å². The van der Waals surface area contributed by atoms with Gasteiger partial charge in [0, 0.05) is 0 Å². The van der Waals surface area contributed by atoms with Crippen molar-refractivity contribution in [1.82, 2.24) is 0 Å². The van der Waals surface area contributed by atoms with Gasteiger partial charge >= 0.3 is 0 Å². The highest BCUT2D eigenvalue weighted by molar-refractivity contribution is 7.20. The van der Waals surface area contributed by atoms with Gasteiger partial charge in [-0.05, 0) is 12.8 Å². The van der Waals surface area contributed by atoms with Crippen LogP contribution in [0.15, 0.2) is 0 Å². The molecule has 314 valence electrons. The van der Waals surface area contributed by atoms with Crippen LogP contribution < -0.4 is 27.2 Å². The molecule has 2 N–H and O–H groups in total. The summed E-state index contributed by atoms with van der Waals surface area (Å²) in [5, 5.41) is 2.27. The summed E-state index contributed by atoms with van der Waals surface area (Å²) in [6, 6.07) is 0. The lowest BCUT2D eigenvalue weighted by Gasteiger charge is -2.44. The van der Waals surface area contributed by atoms with Crippen molar-refractivity contribution in [3.8, 4) is 0 Å². The van der Waals surface area contributed by atoms with Crippen molar-refractivity contribution in [1.29, 1.82) is 0 Å². The zero-order valence-corrected chi connectivity index (χ0v) is 29.1. The molecule has 0 saturated heterocycles. The first-order chi connectivity index (χ1) is 26.6. The third-order valence-corrected chi connectivity index (χ3v) is 9.05. The third kappa shape index (κ3) is 8.14. The lowest BCUT2D eigenvalue weighted by Crippen LogP contribution is -2.81. The van der Waals surface area contributed by atoms with E-state index >= 15 is 35.1 Å². The first-order valence-corrected chi connectivity index (χ1v) is 16.6. The Balaban J connectivity index is 0.000000626. The number of halogens is 20. The highest BCUT2D eigenvalue weighted by Gasteiger charge is 2.52. The number of hydrogen-bond acceptors (Lipinski definition) is 0. The van der Waals surface area contributed by atoms with Gasteiger partial charge in [-0.25, -0.2) is 87.8 Å². The zero-order chi connectivity index (χ0) is 43.4. The average Bonchev–Trinajstić information content (AvgIpc) is 3.19. The van der Waals surface area contributed by atoms with E-state index in [0.717, 1.165) is 0 Å². The Labute approximate surface area is 309 Å². The van der Waals surface area contributed by atoms with E-state index in [4.69, 9.17) is 0 Å². The van der Waals surface area contributed by atoms with Gasteiger partial charge in [0.2, 0.25) is 0 Å². The molecule has 4 rings (SSSR count). The maximum atomic E-state index is 15.4. The molecule has 4 aromatic rings. The molecule has 0 aromatic heterocycles. The molecule has 57 heavy (non-hydrogen) atoms. The highest BCUT2D eigenvalue weighted by Crippen LogP contribution is 2.30. The lowest BCUT2D eigenvalue weighted by atomic mass is 9.12. The molecule has 0 saturated carbocycles. The fourth-order valence-corrected chi connectivity index (χ4v) is 6.36. The average molecular weight is 851 g/mol. The Bertz CT molecular complexity index is 1750. The molecule has 0 aliphatic heterocycles. The number of benzene rings is 4. The van der Waals surface area contributed by atoms with E-state index in [-0.39, 0.29) is 0 Å². The SMILES string of the molecule is CCCCCCCCCC[NH2+]C.Fc1c(F)c(F)c([B-](c2c(F)c(F)c(F)c(F)c2F)(c2c(F)c(F)c(F)c(F)c2F)c2c(F)c(F)c(F)c(F)c2F)c(F)c1F. The van der Waals surface area contributed by atoms with E-state index in [2.05, 4.69) is 19.3 Å². The number of rotatable bonds is 13. The Morgan fingerprint density at radius 1 is 0.281 bits per heavy atom. The van der Waals surface area contributed by atoms with E-state index in [1.165, 1.54) is 57.9 Å². The quantitative estimate of drug-likeness (QED) is 0.0460. The van der Waals surface area contributed by atoms with Crippen LogP contribution in [0.4, 0.5) is 87.8 Å². The predicted molar refractivity (Wildman–Crippen MR) is 165 cm³/mol. The minimum Gasteiger partial charge on any atom is -0.349 e. The van der Waals surface area contributed by atoms with Crippen molar-refractivity contribution >= 4 is 28.0 Å². The molecule has 0 aliphatic rings. The number of quaternary nitrogens is 1. The predicted octanol–water partition coefficient (Wildman–Crippen LogP) is 8.17. The van der Waals surface area contributed by atoms with Gasteiger partial charge < -0.3 is 5.32 Å². The highest BCUT2D eigenvalue weighted by atomic mass is 19.2. The molecule has 0 aliphatic carbocycles. The number of nitrogens with two attached hydrogens (primary N) is 1. The molecule has 4 aromatic carbocycles. The third-order valence-electron chi connectivity index (χ3n) is 9.05. The standard InChI is InChI=1S/C24BF20.C11H25N/c26-5-1(6(27)14(35)21(42)13(5)34)25(2-7(28)15(36)22(43)16(37)8(2)29,3-9(30)17(38)23(44)18(39)10(3)31)4-11(32)19(40)24(45)20(41)12(4)33;1-3-4-5-6-7-8-9-10-11-12-2/h;12H,3-11H2,1-2H3/q-1;/p+1. The zero-order valence-electron chi connectivity index (χ0n) is 29.1. The minimum absolute atomic E-state index is 1.31. The molecule has 0 fully saturated rings. The molecule has 0 spiro atoms. The molecule has 0 radical (unpaired) electrons. The molecule has 0 unspecified atom stereocenters. The van der Waals surface area contributed by atoms with Gasteiger partial charge in [0.15, 0.2) is 69.8 Å². The van der Waals surface area contributed by atoms with Gasteiger partial charge in [0.1, 0.15) is 52.7 Å². The van der Waals surface area contributed by atoms with Crippen molar-refractivity contribution < 1.29 is 93.1 Å². The van der Waals surface area contributed by atoms with Crippen LogP contribution in [-0.2, 0) is 0 Å². The Morgan fingerprint density at radius 2 is 0.456 bits per heavy atom. The molecular formula is C35H26BF20N.